The average Bonchev–Trinajstić information content (AvgIpc) is 2.99. The van der Waals surface area contributed by atoms with Crippen molar-refractivity contribution in [3.63, 3.8) is 0 Å². The van der Waals surface area contributed by atoms with Crippen LogP contribution in [0.5, 0.6) is 11.5 Å². The maximum absolute atomic E-state index is 5.75. The molecule has 0 atom stereocenters. The van der Waals surface area contributed by atoms with Gasteiger partial charge in [0.1, 0.15) is 11.5 Å². The Morgan fingerprint density at radius 1 is 1.12 bits per heavy atom. The Bertz CT molecular complexity index is 854. The first-order chi connectivity index (χ1) is 12.2. The molecule has 0 N–H and O–H groups in total. The lowest BCUT2D eigenvalue weighted by Gasteiger charge is -2.08. The summed E-state index contributed by atoms with van der Waals surface area (Å²) in [5.74, 6) is 3.20. The molecule has 0 spiro atoms. The second-order valence-corrected chi connectivity index (χ2v) is 7.20. The van der Waals surface area contributed by atoms with Gasteiger partial charge in [0.05, 0.1) is 19.3 Å². The van der Waals surface area contributed by atoms with Gasteiger partial charge >= 0.3 is 0 Å². The second-order valence-electron chi connectivity index (χ2n) is 5.22. The molecule has 1 heterocycles. The average molecular weight is 420 g/mol. The zero-order valence-corrected chi connectivity index (χ0v) is 16.4. The summed E-state index contributed by atoms with van der Waals surface area (Å²) >= 11 is 5.05. The van der Waals surface area contributed by atoms with Crippen LogP contribution in [-0.2, 0) is 7.05 Å². The van der Waals surface area contributed by atoms with E-state index < -0.39 is 0 Å². The topological polar surface area (TPSA) is 49.2 Å². The van der Waals surface area contributed by atoms with Gasteiger partial charge in [-0.3, -0.25) is 0 Å². The van der Waals surface area contributed by atoms with Crippen LogP contribution in [-0.4, -0.2) is 34.2 Å². The molecule has 0 radical (unpaired) electrons. The van der Waals surface area contributed by atoms with Crippen LogP contribution in [0.3, 0.4) is 0 Å². The second kappa shape index (κ2) is 8.40. The Morgan fingerprint density at radius 2 is 1.96 bits per heavy atom. The third kappa shape index (κ3) is 4.35. The summed E-state index contributed by atoms with van der Waals surface area (Å²) in [7, 11) is 3.61. The molecule has 0 saturated heterocycles. The fourth-order valence-electron chi connectivity index (χ4n) is 2.35. The predicted molar refractivity (Wildman–Crippen MR) is 103 cm³/mol. The van der Waals surface area contributed by atoms with Crippen molar-refractivity contribution in [1.82, 2.24) is 14.8 Å². The van der Waals surface area contributed by atoms with Crippen LogP contribution < -0.4 is 9.47 Å². The first-order valence-corrected chi connectivity index (χ1v) is 9.51. The molecule has 3 aromatic rings. The lowest BCUT2D eigenvalue weighted by atomic mass is 10.2. The van der Waals surface area contributed by atoms with Crippen LogP contribution in [0.25, 0.3) is 11.4 Å². The molecule has 0 unspecified atom stereocenters. The largest absolute Gasteiger partial charge is 0.496 e. The van der Waals surface area contributed by atoms with Gasteiger partial charge in [0.15, 0.2) is 11.0 Å². The predicted octanol–water partition coefficient (Wildman–Crippen LogP) is 4.42. The molecular formula is C18H18BrN3O2S. The van der Waals surface area contributed by atoms with E-state index in [9.17, 15) is 0 Å². The van der Waals surface area contributed by atoms with Gasteiger partial charge in [-0.25, -0.2) is 0 Å². The fraction of sp³-hybridized carbons (Fsp3) is 0.222. The number of nitrogens with zero attached hydrogens (tertiary/aromatic N) is 3. The third-order valence-corrected chi connectivity index (χ3v) is 5.04. The maximum Gasteiger partial charge on any atom is 0.191 e. The van der Waals surface area contributed by atoms with Crippen LogP contribution in [0, 0.1) is 0 Å². The Kier molecular flexibility index (Phi) is 5.99. The van der Waals surface area contributed by atoms with Crippen molar-refractivity contribution in [1.29, 1.82) is 0 Å². The lowest BCUT2D eigenvalue weighted by Crippen LogP contribution is -2.02. The highest BCUT2D eigenvalue weighted by Gasteiger charge is 2.14. The summed E-state index contributed by atoms with van der Waals surface area (Å²) in [5, 5.41) is 9.44. The SMILES string of the molecule is COc1ccccc1-c1nnc(SCCOc2cccc(Br)c2)n1C. The number of ether oxygens (including phenoxy) is 2. The number of benzene rings is 2. The van der Waals surface area contributed by atoms with E-state index in [4.69, 9.17) is 9.47 Å². The van der Waals surface area contributed by atoms with E-state index >= 15 is 0 Å². The number of hydrogen-bond acceptors (Lipinski definition) is 5. The minimum absolute atomic E-state index is 0.595. The van der Waals surface area contributed by atoms with Gasteiger partial charge in [-0.05, 0) is 30.3 Å². The quantitative estimate of drug-likeness (QED) is 0.418. The summed E-state index contributed by atoms with van der Waals surface area (Å²) in [6.07, 6.45) is 0. The molecule has 25 heavy (non-hydrogen) atoms. The summed E-state index contributed by atoms with van der Waals surface area (Å²) in [4.78, 5) is 0. The van der Waals surface area contributed by atoms with Gasteiger partial charge in [-0.15, -0.1) is 10.2 Å². The van der Waals surface area contributed by atoms with Gasteiger partial charge in [0, 0.05) is 17.3 Å². The van der Waals surface area contributed by atoms with Crippen molar-refractivity contribution in [2.75, 3.05) is 19.5 Å². The first kappa shape index (κ1) is 17.8. The van der Waals surface area contributed by atoms with Crippen molar-refractivity contribution in [3.8, 4) is 22.9 Å². The molecule has 2 aromatic carbocycles. The number of hydrogen-bond donors (Lipinski definition) is 0. The lowest BCUT2D eigenvalue weighted by molar-refractivity contribution is 0.343. The number of para-hydroxylation sites is 1. The standard InChI is InChI=1S/C18H18BrN3O2S/c1-22-17(15-8-3-4-9-16(15)23-2)20-21-18(22)25-11-10-24-14-7-5-6-13(19)12-14/h3-9,12H,10-11H2,1-2H3. The molecule has 130 valence electrons. The van der Waals surface area contributed by atoms with Crippen molar-refractivity contribution in [3.05, 3.63) is 53.0 Å². The Labute approximate surface area is 159 Å². The number of rotatable bonds is 7. The molecule has 0 fully saturated rings. The minimum Gasteiger partial charge on any atom is -0.496 e. The normalized spacial score (nSPS) is 10.7. The van der Waals surface area contributed by atoms with Crippen LogP contribution >= 0.6 is 27.7 Å². The Hall–Kier alpha value is -1.99. The molecule has 0 saturated carbocycles. The van der Waals surface area contributed by atoms with E-state index in [-0.39, 0.29) is 0 Å². The van der Waals surface area contributed by atoms with Crippen molar-refractivity contribution >= 4 is 27.7 Å². The monoisotopic (exact) mass is 419 g/mol. The van der Waals surface area contributed by atoms with Gasteiger partial charge in [0.2, 0.25) is 0 Å². The zero-order chi connectivity index (χ0) is 17.6. The van der Waals surface area contributed by atoms with Crippen LogP contribution in [0.1, 0.15) is 0 Å². The van der Waals surface area contributed by atoms with E-state index in [1.165, 1.54) is 0 Å². The summed E-state index contributed by atoms with van der Waals surface area (Å²) in [6.45, 7) is 0.595. The highest BCUT2D eigenvalue weighted by molar-refractivity contribution is 9.10. The summed E-state index contributed by atoms with van der Waals surface area (Å²) < 4.78 is 14.1. The molecule has 5 nitrogen and oxygen atoms in total. The maximum atomic E-state index is 5.75. The molecule has 0 aliphatic rings. The summed E-state index contributed by atoms with van der Waals surface area (Å²) in [6, 6.07) is 15.6. The third-order valence-electron chi connectivity index (χ3n) is 3.56. The van der Waals surface area contributed by atoms with E-state index in [1.54, 1.807) is 18.9 Å². The Balaban J connectivity index is 1.62. The van der Waals surface area contributed by atoms with Crippen LogP contribution in [0.15, 0.2) is 58.2 Å². The van der Waals surface area contributed by atoms with Gasteiger partial charge < -0.3 is 14.0 Å². The molecule has 0 aliphatic heterocycles. The van der Waals surface area contributed by atoms with E-state index in [0.717, 1.165) is 38.3 Å². The number of thioether (sulfide) groups is 1. The number of methoxy groups -OCH3 is 1. The van der Waals surface area contributed by atoms with E-state index in [1.807, 2.05) is 60.1 Å². The number of aromatic nitrogens is 3. The van der Waals surface area contributed by atoms with Crippen molar-refractivity contribution < 1.29 is 9.47 Å². The van der Waals surface area contributed by atoms with Gasteiger partial charge in [0.25, 0.3) is 0 Å². The molecule has 7 heteroatoms. The molecule has 1 aromatic heterocycles. The molecule has 0 aliphatic carbocycles. The van der Waals surface area contributed by atoms with Gasteiger partial charge in [-0.1, -0.05) is 45.9 Å². The summed E-state index contributed by atoms with van der Waals surface area (Å²) in [5.41, 5.74) is 0.928. The zero-order valence-electron chi connectivity index (χ0n) is 14.0. The van der Waals surface area contributed by atoms with Crippen molar-refractivity contribution in [2.24, 2.45) is 7.05 Å². The van der Waals surface area contributed by atoms with Crippen molar-refractivity contribution in [2.45, 2.75) is 5.16 Å². The highest BCUT2D eigenvalue weighted by Crippen LogP contribution is 2.30. The highest BCUT2D eigenvalue weighted by atomic mass is 79.9. The molecular weight excluding hydrogens is 402 g/mol. The van der Waals surface area contributed by atoms with Gasteiger partial charge in [-0.2, -0.15) is 0 Å². The molecule has 0 bridgehead atoms. The smallest absolute Gasteiger partial charge is 0.191 e. The number of halogens is 1. The Morgan fingerprint density at radius 3 is 2.76 bits per heavy atom. The van der Waals surface area contributed by atoms with Crippen LogP contribution in [0.2, 0.25) is 0 Å². The first-order valence-electron chi connectivity index (χ1n) is 7.73. The minimum atomic E-state index is 0.595. The molecule has 3 rings (SSSR count). The van der Waals surface area contributed by atoms with Crippen LogP contribution in [0.4, 0.5) is 0 Å². The van der Waals surface area contributed by atoms with E-state index in [0.29, 0.717) is 6.61 Å². The fourth-order valence-corrected chi connectivity index (χ4v) is 3.46. The molecule has 0 amide bonds. The van der Waals surface area contributed by atoms with E-state index in [2.05, 4.69) is 26.1 Å².